The van der Waals surface area contributed by atoms with Crippen LogP contribution in [0.1, 0.15) is 27.2 Å². The van der Waals surface area contributed by atoms with Crippen molar-refractivity contribution in [2.45, 2.75) is 13.0 Å². The van der Waals surface area contributed by atoms with Gasteiger partial charge in [0.25, 0.3) is 5.56 Å². The molecule has 0 spiro atoms. The van der Waals surface area contributed by atoms with Gasteiger partial charge in [-0.15, -0.1) is 0 Å². The number of hydrogen-bond acceptors (Lipinski definition) is 3. The van der Waals surface area contributed by atoms with E-state index < -0.39 is 5.97 Å². The molecule has 6 nitrogen and oxygen atoms in total. The average Bonchev–Trinajstić information content (AvgIpc) is 2.92. The van der Waals surface area contributed by atoms with Crippen molar-refractivity contribution in [3.8, 4) is 5.75 Å². The highest BCUT2D eigenvalue weighted by molar-refractivity contribution is 5.87. The maximum atomic E-state index is 12.7. The number of nitrogens with one attached hydrogen (secondary N) is 1. The van der Waals surface area contributed by atoms with Gasteiger partial charge in [-0.2, -0.15) is 0 Å². The summed E-state index contributed by atoms with van der Waals surface area (Å²) in [6.07, 6.45) is 0.267. The molecule has 0 unspecified atom stereocenters. The molecule has 0 aliphatic carbocycles. The number of carboxylic acids is 1. The molecule has 0 aliphatic heterocycles. The molecule has 0 aliphatic rings. The van der Waals surface area contributed by atoms with Crippen LogP contribution in [0, 0.1) is 0 Å². The molecule has 0 saturated carbocycles. The second-order valence-electron chi connectivity index (χ2n) is 5.68. The summed E-state index contributed by atoms with van der Waals surface area (Å²) in [5.74, 6) is -0.465. The minimum absolute atomic E-state index is 0.0725. The minimum atomic E-state index is -1.15. The number of benzene rings is 2. The monoisotopic (exact) mass is 338 g/mol. The van der Waals surface area contributed by atoms with Gasteiger partial charge >= 0.3 is 5.97 Å². The highest BCUT2D eigenvalue weighted by Crippen LogP contribution is 2.14. The van der Waals surface area contributed by atoms with Gasteiger partial charge in [0.05, 0.1) is 19.2 Å². The Kier molecular flexibility index (Phi) is 4.70. The van der Waals surface area contributed by atoms with Crippen molar-refractivity contribution in [2.24, 2.45) is 0 Å². The zero-order valence-corrected chi connectivity index (χ0v) is 13.7. The van der Waals surface area contributed by atoms with Gasteiger partial charge in [0.2, 0.25) is 0 Å². The number of aromatic amines is 1. The van der Waals surface area contributed by atoms with E-state index in [1.54, 1.807) is 7.11 Å². The maximum Gasteiger partial charge on any atom is 0.354 e. The number of methoxy groups -OCH3 is 1. The number of ether oxygens (including phenoxy) is 1. The second-order valence-corrected chi connectivity index (χ2v) is 5.68. The first-order valence-electron chi connectivity index (χ1n) is 7.80. The highest BCUT2D eigenvalue weighted by Gasteiger charge is 2.20. The van der Waals surface area contributed by atoms with Crippen molar-refractivity contribution in [3.63, 3.8) is 0 Å². The summed E-state index contributed by atoms with van der Waals surface area (Å²) in [5.41, 5.74) is 1.57. The summed E-state index contributed by atoms with van der Waals surface area (Å²) in [5, 5.41) is 12.1. The van der Waals surface area contributed by atoms with E-state index in [9.17, 15) is 14.7 Å². The van der Waals surface area contributed by atoms with Crippen LogP contribution < -0.4 is 10.3 Å². The van der Waals surface area contributed by atoms with Crippen molar-refractivity contribution in [2.75, 3.05) is 7.11 Å². The first-order valence-corrected chi connectivity index (χ1v) is 7.80. The van der Waals surface area contributed by atoms with Crippen molar-refractivity contribution in [1.82, 2.24) is 9.78 Å². The largest absolute Gasteiger partial charge is 0.497 e. The Morgan fingerprint density at radius 2 is 1.84 bits per heavy atom. The van der Waals surface area contributed by atoms with Crippen molar-refractivity contribution in [1.29, 1.82) is 0 Å². The van der Waals surface area contributed by atoms with Crippen molar-refractivity contribution >= 4 is 5.97 Å². The van der Waals surface area contributed by atoms with Crippen molar-refractivity contribution < 1.29 is 14.6 Å². The lowest BCUT2D eigenvalue weighted by Crippen LogP contribution is -2.20. The normalized spacial score (nSPS) is 10.6. The van der Waals surface area contributed by atoms with E-state index >= 15 is 0 Å². The van der Waals surface area contributed by atoms with E-state index in [0.29, 0.717) is 5.75 Å². The molecular weight excluding hydrogens is 320 g/mol. The van der Waals surface area contributed by atoms with Gasteiger partial charge in [-0.3, -0.25) is 9.89 Å². The number of aromatic carboxylic acids is 1. The third kappa shape index (κ3) is 3.63. The molecular formula is C19H18N2O4. The first-order chi connectivity index (χ1) is 12.1. The van der Waals surface area contributed by atoms with E-state index in [-0.39, 0.29) is 29.8 Å². The molecule has 2 N–H and O–H groups in total. The van der Waals surface area contributed by atoms with E-state index in [2.05, 4.69) is 5.10 Å². The number of nitrogens with zero attached hydrogens (tertiary/aromatic N) is 1. The van der Waals surface area contributed by atoms with E-state index in [0.717, 1.165) is 11.1 Å². The van der Waals surface area contributed by atoms with Gasteiger partial charge < -0.3 is 9.84 Å². The third-order valence-electron chi connectivity index (χ3n) is 3.96. The molecule has 0 amide bonds. The quantitative estimate of drug-likeness (QED) is 0.723. The lowest BCUT2D eigenvalue weighted by molar-refractivity contribution is 0.0688. The Balaban J connectivity index is 1.96. The predicted octanol–water partition coefficient (Wildman–Crippen LogP) is 2.52. The van der Waals surface area contributed by atoms with Gasteiger partial charge in [-0.05, 0) is 23.3 Å². The molecule has 25 heavy (non-hydrogen) atoms. The smallest absolute Gasteiger partial charge is 0.354 e. The zero-order valence-electron chi connectivity index (χ0n) is 13.7. The van der Waals surface area contributed by atoms with Crippen LogP contribution in [0.2, 0.25) is 0 Å². The maximum absolute atomic E-state index is 12.7. The van der Waals surface area contributed by atoms with Crippen LogP contribution in [-0.4, -0.2) is 28.0 Å². The van der Waals surface area contributed by atoms with Crippen LogP contribution >= 0.6 is 0 Å². The lowest BCUT2D eigenvalue weighted by atomic mass is 10.1. The molecule has 0 bridgehead atoms. The first kappa shape index (κ1) is 16.6. The summed E-state index contributed by atoms with van der Waals surface area (Å²) in [6, 6.07) is 16.6. The number of rotatable bonds is 6. The van der Waals surface area contributed by atoms with Gasteiger partial charge in [0, 0.05) is 6.42 Å². The summed E-state index contributed by atoms with van der Waals surface area (Å²) in [6.45, 7) is 0.241. The number of carbonyl (C=O) groups is 1. The summed E-state index contributed by atoms with van der Waals surface area (Å²) in [4.78, 5) is 24.2. The number of carboxylic acid groups (broad SMARTS) is 1. The highest BCUT2D eigenvalue weighted by atomic mass is 16.5. The van der Waals surface area contributed by atoms with Crippen LogP contribution in [0.4, 0.5) is 0 Å². The Morgan fingerprint density at radius 3 is 2.52 bits per heavy atom. The SMILES string of the molecule is COc1cccc(Cn2[nH]c(C(=O)O)c(Cc3ccccc3)c2=O)c1. The number of aromatic nitrogens is 2. The van der Waals surface area contributed by atoms with Crippen molar-refractivity contribution in [3.05, 3.63) is 87.3 Å². The standard InChI is InChI=1S/C19H18N2O4/c1-25-15-9-5-8-14(10-15)12-21-18(22)16(17(20-21)19(23)24)11-13-6-3-2-4-7-13/h2-10,20H,11-12H2,1H3,(H,23,24). The van der Waals surface area contributed by atoms with Crippen LogP contribution in [0.3, 0.4) is 0 Å². The fourth-order valence-electron chi connectivity index (χ4n) is 2.73. The number of H-pyrrole nitrogens is 1. The zero-order chi connectivity index (χ0) is 17.8. The topological polar surface area (TPSA) is 84.3 Å². The van der Waals surface area contributed by atoms with Gasteiger partial charge in [0.15, 0.2) is 0 Å². The Morgan fingerprint density at radius 1 is 1.12 bits per heavy atom. The van der Waals surface area contributed by atoms with Crippen LogP contribution in [0.5, 0.6) is 5.75 Å². The van der Waals surface area contributed by atoms with Crippen LogP contribution in [0.25, 0.3) is 0 Å². The summed E-state index contributed by atoms with van der Waals surface area (Å²) < 4.78 is 6.49. The average molecular weight is 338 g/mol. The molecule has 0 radical (unpaired) electrons. The third-order valence-corrected chi connectivity index (χ3v) is 3.96. The van der Waals surface area contributed by atoms with E-state index in [1.165, 1.54) is 4.68 Å². The second kappa shape index (κ2) is 7.09. The lowest BCUT2D eigenvalue weighted by Gasteiger charge is -2.05. The Bertz CT molecular complexity index is 942. The van der Waals surface area contributed by atoms with Gasteiger partial charge in [0.1, 0.15) is 11.4 Å². The van der Waals surface area contributed by atoms with Gasteiger partial charge in [-0.1, -0.05) is 42.5 Å². The number of hydrogen-bond donors (Lipinski definition) is 2. The molecule has 1 heterocycles. The molecule has 2 aromatic carbocycles. The van der Waals surface area contributed by atoms with Crippen LogP contribution in [-0.2, 0) is 13.0 Å². The fraction of sp³-hybridized carbons (Fsp3) is 0.158. The molecule has 128 valence electrons. The predicted molar refractivity (Wildman–Crippen MR) is 93.4 cm³/mol. The van der Waals surface area contributed by atoms with Gasteiger partial charge in [-0.25, -0.2) is 9.48 Å². The molecule has 1 aromatic heterocycles. The molecule has 0 fully saturated rings. The summed E-state index contributed by atoms with van der Waals surface area (Å²) in [7, 11) is 1.57. The van der Waals surface area contributed by atoms with E-state index in [1.807, 2.05) is 54.6 Å². The van der Waals surface area contributed by atoms with E-state index in [4.69, 9.17) is 4.74 Å². The Labute approximate surface area is 144 Å². The molecule has 0 atom stereocenters. The minimum Gasteiger partial charge on any atom is -0.497 e. The summed E-state index contributed by atoms with van der Waals surface area (Å²) >= 11 is 0. The molecule has 0 saturated heterocycles. The molecule has 3 rings (SSSR count). The molecule has 3 aromatic rings. The molecule has 6 heteroatoms. The Hall–Kier alpha value is -3.28. The fourth-order valence-corrected chi connectivity index (χ4v) is 2.73. The van der Waals surface area contributed by atoms with Crippen LogP contribution in [0.15, 0.2) is 59.4 Å².